The van der Waals surface area contributed by atoms with Gasteiger partial charge in [0.15, 0.2) is 0 Å². The zero-order valence-electron chi connectivity index (χ0n) is 10.3. The van der Waals surface area contributed by atoms with Crippen molar-refractivity contribution in [1.82, 2.24) is 4.90 Å². The second-order valence-corrected chi connectivity index (χ2v) is 5.70. The number of amides is 2. The first-order valence-corrected chi connectivity index (χ1v) is 7.23. The highest BCUT2D eigenvalue weighted by Gasteiger charge is 2.34. The summed E-state index contributed by atoms with van der Waals surface area (Å²) < 4.78 is 5.78. The van der Waals surface area contributed by atoms with Crippen molar-refractivity contribution in [2.45, 2.75) is 0 Å². The maximum Gasteiger partial charge on any atom is 0.293 e. The summed E-state index contributed by atoms with van der Waals surface area (Å²) in [6.45, 7) is 0.634. The molecule has 0 N–H and O–H groups in total. The van der Waals surface area contributed by atoms with Crippen LogP contribution in [0.3, 0.4) is 0 Å². The Labute approximate surface area is 123 Å². The lowest BCUT2D eigenvalue weighted by Gasteiger charge is -2.10. The van der Waals surface area contributed by atoms with Gasteiger partial charge >= 0.3 is 0 Å². The fraction of sp³-hybridized carbons (Fsp3) is 0.231. The molecule has 2 amide bonds. The number of rotatable bonds is 4. The molecular weight excluding hydrogens is 330 g/mol. The van der Waals surface area contributed by atoms with Gasteiger partial charge in [0.25, 0.3) is 11.1 Å². The normalized spacial score (nSPS) is 17.6. The number of methoxy groups -OCH3 is 1. The number of carbonyl (C=O) groups is 2. The molecule has 0 aliphatic carbocycles. The summed E-state index contributed by atoms with van der Waals surface area (Å²) in [4.78, 5) is 25.5. The Kier molecular flexibility index (Phi) is 4.79. The second kappa shape index (κ2) is 6.36. The third kappa shape index (κ3) is 3.26. The van der Waals surface area contributed by atoms with Gasteiger partial charge in [-0.05, 0) is 29.5 Å². The minimum absolute atomic E-state index is 0.250. The van der Waals surface area contributed by atoms with Crippen LogP contribution in [0.1, 0.15) is 5.56 Å². The Morgan fingerprint density at radius 3 is 2.79 bits per heavy atom. The van der Waals surface area contributed by atoms with Crippen LogP contribution in [0.15, 0.2) is 33.6 Å². The molecule has 0 unspecified atom stereocenters. The smallest absolute Gasteiger partial charge is 0.293 e. The summed E-state index contributed by atoms with van der Waals surface area (Å²) in [7, 11) is 1.54. The molecule has 6 heteroatoms. The molecule has 1 aromatic rings. The molecule has 1 saturated heterocycles. The lowest BCUT2D eigenvalue weighted by Crippen LogP contribution is -2.31. The van der Waals surface area contributed by atoms with Crippen molar-refractivity contribution >= 4 is 44.9 Å². The number of nitrogens with zero attached hydrogens (tertiary/aromatic N) is 1. The van der Waals surface area contributed by atoms with Crippen molar-refractivity contribution in [2.75, 3.05) is 20.3 Å². The number of halogens is 1. The first-order valence-electron chi connectivity index (χ1n) is 5.62. The Bertz CT molecular complexity index is 544. The van der Waals surface area contributed by atoms with Crippen molar-refractivity contribution in [2.24, 2.45) is 0 Å². The molecule has 1 aliphatic heterocycles. The molecule has 19 heavy (non-hydrogen) atoms. The van der Waals surface area contributed by atoms with Crippen molar-refractivity contribution < 1.29 is 14.3 Å². The predicted molar refractivity (Wildman–Crippen MR) is 78.7 cm³/mol. The highest BCUT2D eigenvalue weighted by atomic mass is 79.9. The van der Waals surface area contributed by atoms with E-state index in [1.54, 1.807) is 6.08 Å². The predicted octanol–water partition coefficient (Wildman–Crippen LogP) is 3.13. The lowest BCUT2D eigenvalue weighted by atomic mass is 10.2. The third-order valence-electron chi connectivity index (χ3n) is 2.58. The molecule has 4 nitrogen and oxygen atoms in total. The van der Waals surface area contributed by atoms with Crippen LogP contribution in [-0.2, 0) is 9.53 Å². The molecule has 2 rings (SSSR count). The number of benzene rings is 1. The average Bonchev–Trinajstić information content (AvgIpc) is 2.65. The SMILES string of the molecule is COCCN1C(=O)S/C(=C/c2ccccc2Br)C1=O. The minimum atomic E-state index is -0.261. The lowest BCUT2D eigenvalue weighted by molar-refractivity contribution is -0.123. The van der Waals surface area contributed by atoms with Crippen molar-refractivity contribution in [1.29, 1.82) is 0 Å². The van der Waals surface area contributed by atoms with Crippen LogP contribution in [-0.4, -0.2) is 36.3 Å². The number of imide groups is 1. The van der Waals surface area contributed by atoms with Crippen LogP contribution in [0.2, 0.25) is 0 Å². The fourth-order valence-corrected chi connectivity index (χ4v) is 2.86. The molecule has 0 radical (unpaired) electrons. The molecule has 0 bridgehead atoms. The van der Waals surface area contributed by atoms with E-state index in [2.05, 4.69) is 15.9 Å². The topological polar surface area (TPSA) is 46.6 Å². The number of hydrogen-bond acceptors (Lipinski definition) is 4. The van der Waals surface area contributed by atoms with Crippen LogP contribution in [0.4, 0.5) is 4.79 Å². The van der Waals surface area contributed by atoms with Crippen molar-refractivity contribution in [3.63, 3.8) is 0 Å². The molecule has 1 fully saturated rings. The standard InChI is InChI=1S/C13H12BrNO3S/c1-18-7-6-15-12(16)11(19-13(15)17)8-9-4-2-3-5-10(9)14/h2-5,8H,6-7H2,1H3/b11-8+. The molecule has 1 aromatic carbocycles. The zero-order valence-corrected chi connectivity index (χ0v) is 12.7. The van der Waals surface area contributed by atoms with Gasteiger partial charge in [0, 0.05) is 11.6 Å². The second-order valence-electron chi connectivity index (χ2n) is 3.85. The van der Waals surface area contributed by atoms with E-state index in [-0.39, 0.29) is 17.7 Å². The number of thioether (sulfide) groups is 1. The summed E-state index contributed by atoms with van der Waals surface area (Å²) in [5, 5.41) is -0.250. The molecule has 1 aliphatic rings. The molecule has 0 saturated carbocycles. The first kappa shape index (κ1) is 14.3. The molecule has 100 valence electrons. The Hall–Kier alpha value is -1.11. The molecule has 0 spiro atoms. The maximum absolute atomic E-state index is 12.1. The van der Waals surface area contributed by atoms with Gasteiger partial charge in [-0.1, -0.05) is 34.1 Å². The first-order chi connectivity index (χ1) is 9.13. The zero-order chi connectivity index (χ0) is 13.8. The van der Waals surface area contributed by atoms with E-state index in [4.69, 9.17) is 4.74 Å². The van der Waals surface area contributed by atoms with E-state index in [1.807, 2.05) is 24.3 Å². The van der Waals surface area contributed by atoms with Crippen molar-refractivity contribution in [3.05, 3.63) is 39.2 Å². The summed E-state index contributed by atoms with van der Waals surface area (Å²) >= 11 is 4.37. The van der Waals surface area contributed by atoms with E-state index in [1.165, 1.54) is 12.0 Å². The van der Waals surface area contributed by atoms with Gasteiger partial charge in [-0.3, -0.25) is 14.5 Å². The van der Waals surface area contributed by atoms with E-state index in [0.29, 0.717) is 11.5 Å². The molecular formula is C13H12BrNO3S. The molecule has 0 aromatic heterocycles. The average molecular weight is 342 g/mol. The quantitative estimate of drug-likeness (QED) is 0.789. The summed E-state index contributed by atoms with van der Waals surface area (Å²) in [6.07, 6.45) is 1.72. The van der Waals surface area contributed by atoms with Crippen LogP contribution in [0.5, 0.6) is 0 Å². The largest absolute Gasteiger partial charge is 0.383 e. The maximum atomic E-state index is 12.1. The van der Waals surface area contributed by atoms with Gasteiger partial charge < -0.3 is 4.74 Å². The van der Waals surface area contributed by atoms with Gasteiger partial charge in [0.1, 0.15) is 0 Å². The molecule has 1 heterocycles. The third-order valence-corrected chi connectivity index (χ3v) is 4.21. The minimum Gasteiger partial charge on any atom is -0.383 e. The number of carbonyl (C=O) groups excluding carboxylic acids is 2. The fourth-order valence-electron chi connectivity index (χ4n) is 1.61. The van der Waals surface area contributed by atoms with Gasteiger partial charge in [0.05, 0.1) is 18.1 Å². The van der Waals surface area contributed by atoms with E-state index >= 15 is 0 Å². The van der Waals surface area contributed by atoms with Gasteiger partial charge in [-0.2, -0.15) is 0 Å². The van der Waals surface area contributed by atoms with Crippen LogP contribution < -0.4 is 0 Å². The van der Waals surface area contributed by atoms with Gasteiger partial charge in [0.2, 0.25) is 0 Å². The van der Waals surface area contributed by atoms with Crippen LogP contribution in [0.25, 0.3) is 6.08 Å². The highest BCUT2D eigenvalue weighted by molar-refractivity contribution is 9.10. The van der Waals surface area contributed by atoms with E-state index in [9.17, 15) is 9.59 Å². The highest BCUT2D eigenvalue weighted by Crippen LogP contribution is 2.33. The summed E-state index contributed by atoms with van der Waals surface area (Å²) in [5.41, 5.74) is 0.875. The Morgan fingerprint density at radius 1 is 1.37 bits per heavy atom. The van der Waals surface area contributed by atoms with E-state index in [0.717, 1.165) is 21.8 Å². The summed E-state index contributed by atoms with van der Waals surface area (Å²) in [6, 6.07) is 7.55. The van der Waals surface area contributed by atoms with Gasteiger partial charge in [-0.15, -0.1) is 0 Å². The van der Waals surface area contributed by atoms with Crippen LogP contribution in [0, 0.1) is 0 Å². The van der Waals surface area contributed by atoms with E-state index < -0.39 is 0 Å². The van der Waals surface area contributed by atoms with Gasteiger partial charge in [-0.25, -0.2) is 0 Å². The Morgan fingerprint density at radius 2 is 2.11 bits per heavy atom. The Balaban J connectivity index is 2.21. The molecule has 0 atom stereocenters. The number of hydrogen-bond donors (Lipinski definition) is 0. The number of ether oxygens (including phenoxy) is 1. The summed E-state index contributed by atoms with van der Waals surface area (Å²) in [5.74, 6) is -0.261. The van der Waals surface area contributed by atoms with Crippen LogP contribution >= 0.6 is 27.7 Å². The monoisotopic (exact) mass is 341 g/mol. The van der Waals surface area contributed by atoms with Crippen molar-refractivity contribution in [3.8, 4) is 0 Å².